The van der Waals surface area contributed by atoms with Crippen LogP contribution in [0.5, 0.6) is 5.75 Å². The lowest BCUT2D eigenvalue weighted by molar-refractivity contribution is -0.153. The van der Waals surface area contributed by atoms with Gasteiger partial charge in [-0.05, 0) is 25.1 Å². The molecule has 0 aromatic heterocycles. The minimum Gasteiger partial charge on any atom is -0.507 e. The van der Waals surface area contributed by atoms with Gasteiger partial charge in [0.25, 0.3) is 0 Å². The summed E-state index contributed by atoms with van der Waals surface area (Å²) in [6, 6.07) is 11.2. The third-order valence-corrected chi connectivity index (χ3v) is 3.50. The number of carboxylic acid groups (broad SMARTS) is 1. The van der Waals surface area contributed by atoms with Gasteiger partial charge in [0.2, 0.25) is 6.04 Å². The van der Waals surface area contributed by atoms with Gasteiger partial charge in [0.05, 0.1) is 12.3 Å². The maximum atomic E-state index is 11.9. The molecule has 0 bridgehead atoms. The van der Waals surface area contributed by atoms with Gasteiger partial charge in [0.15, 0.2) is 0 Å². The number of carboxylic acids is 1. The third kappa shape index (κ3) is 4.58. The molecule has 0 spiro atoms. The fraction of sp³-hybridized carbons (Fsp3) is 0.167. The van der Waals surface area contributed by atoms with Gasteiger partial charge in [0.1, 0.15) is 5.75 Å². The highest BCUT2D eigenvalue weighted by Crippen LogP contribution is 2.25. The molecule has 7 heteroatoms. The lowest BCUT2D eigenvalue weighted by Crippen LogP contribution is -2.31. The third-order valence-electron chi connectivity index (χ3n) is 3.26. The molecule has 0 saturated carbocycles. The first-order valence-corrected chi connectivity index (χ1v) is 7.83. The molecule has 1 atom stereocenters. The van der Waals surface area contributed by atoms with Crippen LogP contribution in [0.3, 0.4) is 0 Å². The van der Waals surface area contributed by atoms with E-state index in [1.165, 1.54) is 18.2 Å². The zero-order chi connectivity index (χ0) is 18.4. The summed E-state index contributed by atoms with van der Waals surface area (Å²) < 4.78 is 4.78. The summed E-state index contributed by atoms with van der Waals surface area (Å²) >= 11 is 5.99. The monoisotopic (exact) mass is 361 g/mol. The summed E-state index contributed by atoms with van der Waals surface area (Å²) in [6.45, 7) is 1.60. The second-order valence-corrected chi connectivity index (χ2v) is 5.43. The van der Waals surface area contributed by atoms with E-state index in [2.05, 4.69) is 4.99 Å². The Morgan fingerprint density at radius 1 is 1.20 bits per heavy atom. The van der Waals surface area contributed by atoms with Crippen molar-refractivity contribution < 1.29 is 24.5 Å². The number of halogens is 1. The molecule has 0 heterocycles. The summed E-state index contributed by atoms with van der Waals surface area (Å²) in [5, 5.41) is 19.8. The Morgan fingerprint density at radius 3 is 2.48 bits per heavy atom. The van der Waals surface area contributed by atoms with E-state index in [0.717, 1.165) is 0 Å². The number of phenolic OH excluding ortho intramolecular Hbond substituents is 1. The Labute approximate surface area is 149 Å². The molecule has 0 radical (unpaired) electrons. The number of phenols is 1. The van der Waals surface area contributed by atoms with Crippen molar-refractivity contribution in [2.45, 2.75) is 13.0 Å². The Kier molecular flexibility index (Phi) is 6.14. The van der Waals surface area contributed by atoms with Crippen molar-refractivity contribution in [2.75, 3.05) is 6.61 Å². The van der Waals surface area contributed by atoms with Gasteiger partial charge < -0.3 is 14.9 Å². The van der Waals surface area contributed by atoms with Crippen molar-refractivity contribution in [2.24, 2.45) is 4.99 Å². The van der Waals surface area contributed by atoms with E-state index in [9.17, 15) is 19.8 Å². The number of carbonyl (C=O) groups is 2. The molecule has 6 nitrogen and oxygen atoms in total. The average Bonchev–Trinajstić information content (AvgIpc) is 2.59. The van der Waals surface area contributed by atoms with Gasteiger partial charge in [-0.15, -0.1) is 0 Å². The van der Waals surface area contributed by atoms with Gasteiger partial charge in [-0.25, -0.2) is 9.59 Å². The van der Waals surface area contributed by atoms with Crippen molar-refractivity contribution in [3.8, 4) is 5.75 Å². The molecule has 0 amide bonds. The SMILES string of the molecule is CCOC(=O)C(N=C(c1ccccc1)c1cc(Cl)ccc1O)C(=O)O. The zero-order valence-corrected chi connectivity index (χ0v) is 14.1. The Balaban J connectivity index is 2.64. The second kappa shape index (κ2) is 8.30. The Bertz CT molecular complexity index is 804. The van der Waals surface area contributed by atoms with Crippen LogP contribution in [0.1, 0.15) is 18.1 Å². The van der Waals surface area contributed by atoms with Crippen LogP contribution >= 0.6 is 11.6 Å². The smallest absolute Gasteiger partial charge is 0.342 e. The molecular weight excluding hydrogens is 346 g/mol. The van der Waals surface area contributed by atoms with E-state index in [-0.39, 0.29) is 23.6 Å². The topological polar surface area (TPSA) is 96.2 Å². The number of nitrogens with zero attached hydrogens (tertiary/aromatic N) is 1. The van der Waals surface area contributed by atoms with Crippen molar-refractivity contribution in [3.63, 3.8) is 0 Å². The lowest BCUT2D eigenvalue weighted by atomic mass is 10.0. The van der Waals surface area contributed by atoms with E-state index < -0.39 is 18.0 Å². The van der Waals surface area contributed by atoms with Crippen LogP contribution in [0.15, 0.2) is 53.5 Å². The van der Waals surface area contributed by atoms with E-state index in [1.807, 2.05) is 0 Å². The molecule has 2 aromatic rings. The number of hydrogen-bond acceptors (Lipinski definition) is 5. The number of aromatic hydroxyl groups is 1. The van der Waals surface area contributed by atoms with Gasteiger partial charge in [-0.2, -0.15) is 0 Å². The molecule has 130 valence electrons. The zero-order valence-electron chi connectivity index (χ0n) is 13.3. The molecule has 0 aliphatic heterocycles. The van der Waals surface area contributed by atoms with Crippen LogP contribution in [-0.2, 0) is 14.3 Å². The van der Waals surface area contributed by atoms with Gasteiger partial charge in [-0.1, -0.05) is 41.9 Å². The maximum Gasteiger partial charge on any atom is 0.342 e. The molecule has 0 fully saturated rings. The van der Waals surface area contributed by atoms with Crippen molar-refractivity contribution in [1.29, 1.82) is 0 Å². The minimum atomic E-state index is -1.76. The van der Waals surface area contributed by atoms with E-state index in [0.29, 0.717) is 10.6 Å². The van der Waals surface area contributed by atoms with Crippen LogP contribution < -0.4 is 0 Å². The number of hydrogen-bond donors (Lipinski definition) is 2. The predicted octanol–water partition coefficient (Wildman–Crippen LogP) is 2.90. The Hall–Kier alpha value is -2.86. The summed E-state index contributed by atoms with van der Waals surface area (Å²) in [4.78, 5) is 27.5. The van der Waals surface area contributed by atoms with E-state index >= 15 is 0 Å². The molecule has 2 rings (SSSR count). The fourth-order valence-corrected chi connectivity index (χ4v) is 2.32. The predicted molar refractivity (Wildman–Crippen MR) is 93.3 cm³/mol. The molecule has 1 unspecified atom stereocenters. The lowest BCUT2D eigenvalue weighted by Gasteiger charge is -2.13. The van der Waals surface area contributed by atoms with Crippen LogP contribution in [0, 0.1) is 0 Å². The maximum absolute atomic E-state index is 11.9. The van der Waals surface area contributed by atoms with Gasteiger partial charge in [0, 0.05) is 16.1 Å². The molecule has 2 aromatic carbocycles. The highest BCUT2D eigenvalue weighted by Gasteiger charge is 2.28. The van der Waals surface area contributed by atoms with Crippen molar-refractivity contribution >= 4 is 29.3 Å². The first-order valence-electron chi connectivity index (χ1n) is 7.45. The minimum absolute atomic E-state index is 0.0290. The molecule has 0 aliphatic carbocycles. The molecule has 0 saturated heterocycles. The average molecular weight is 362 g/mol. The molecule has 2 N–H and O–H groups in total. The number of ether oxygens (including phenoxy) is 1. The van der Waals surface area contributed by atoms with Crippen molar-refractivity contribution in [3.05, 3.63) is 64.7 Å². The summed E-state index contributed by atoms with van der Waals surface area (Å²) in [7, 11) is 0. The van der Waals surface area contributed by atoms with Gasteiger partial charge in [-0.3, -0.25) is 4.99 Å². The summed E-state index contributed by atoms with van der Waals surface area (Å²) in [5.41, 5.74) is 0.867. The van der Waals surface area contributed by atoms with Crippen LogP contribution in [0.4, 0.5) is 0 Å². The summed E-state index contributed by atoms with van der Waals surface area (Å²) in [6.07, 6.45) is 0. The van der Waals surface area contributed by atoms with Crippen LogP contribution in [0.2, 0.25) is 5.02 Å². The van der Waals surface area contributed by atoms with Crippen LogP contribution in [0.25, 0.3) is 0 Å². The van der Waals surface area contributed by atoms with Crippen LogP contribution in [-0.4, -0.2) is 40.5 Å². The highest BCUT2D eigenvalue weighted by molar-refractivity contribution is 6.31. The first-order chi connectivity index (χ1) is 11.9. The largest absolute Gasteiger partial charge is 0.507 e. The van der Waals surface area contributed by atoms with Crippen molar-refractivity contribution in [1.82, 2.24) is 0 Å². The first kappa shape index (κ1) is 18.5. The molecular formula is C18H16ClNO5. The van der Waals surface area contributed by atoms with E-state index in [1.54, 1.807) is 37.3 Å². The number of benzene rings is 2. The quantitative estimate of drug-likeness (QED) is 0.468. The normalized spacial score (nSPS) is 12.5. The number of aliphatic imine (C=N–C) groups is 1. The highest BCUT2D eigenvalue weighted by atomic mass is 35.5. The number of carbonyl (C=O) groups excluding carboxylic acids is 1. The second-order valence-electron chi connectivity index (χ2n) is 5.00. The number of rotatable bonds is 6. The molecule has 0 aliphatic rings. The fourth-order valence-electron chi connectivity index (χ4n) is 2.15. The van der Waals surface area contributed by atoms with Gasteiger partial charge >= 0.3 is 11.9 Å². The Morgan fingerprint density at radius 2 is 1.88 bits per heavy atom. The molecule has 25 heavy (non-hydrogen) atoms. The number of esters is 1. The standard InChI is InChI=1S/C18H16ClNO5/c1-2-25-18(24)16(17(22)23)20-15(11-6-4-3-5-7-11)13-10-12(19)8-9-14(13)21/h3-10,16,21H,2H2,1H3,(H,22,23). The van der Waals surface area contributed by atoms with E-state index in [4.69, 9.17) is 16.3 Å². The summed E-state index contributed by atoms with van der Waals surface area (Å²) in [5.74, 6) is -2.57. The number of aliphatic carboxylic acids is 1.